The van der Waals surface area contributed by atoms with Crippen molar-refractivity contribution in [1.82, 2.24) is 5.32 Å². The van der Waals surface area contributed by atoms with Crippen LogP contribution in [0.1, 0.15) is 46.5 Å². The van der Waals surface area contributed by atoms with Gasteiger partial charge in [0.2, 0.25) is 34.8 Å². The van der Waals surface area contributed by atoms with Gasteiger partial charge in [-0.1, -0.05) is 33.6 Å². The molecule has 0 atom stereocenters. The molecule has 150 valence electrons. The molecule has 0 spiro atoms. The van der Waals surface area contributed by atoms with E-state index in [4.69, 9.17) is 0 Å². The Morgan fingerprint density at radius 1 is 0.962 bits per heavy atom. The molecule has 0 aliphatic heterocycles. The van der Waals surface area contributed by atoms with E-state index < -0.39 is 47.2 Å². The predicted molar refractivity (Wildman–Crippen MR) is 87.3 cm³/mol. The summed E-state index contributed by atoms with van der Waals surface area (Å²) >= 11 is 0. The molecular weight excluding hydrogens is 361 g/mol. The van der Waals surface area contributed by atoms with Gasteiger partial charge in [0.15, 0.2) is 0 Å². The maximum Gasteiger partial charge on any atom is 0.318 e. The summed E-state index contributed by atoms with van der Waals surface area (Å²) in [6, 6.07) is 0. The lowest BCUT2D eigenvalue weighted by Gasteiger charge is -2.07. The number of benzene rings is 1. The van der Waals surface area contributed by atoms with E-state index in [2.05, 4.69) is 17.0 Å². The third-order valence-corrected chi connectivity index (χ3v) is 2.67. The van der Waals surface area contributed by atoms with Gasteiger partial charge in [-0.15, -0.1) is 0 Å². The lowest BCUT2D eigenvalue weighted by Crippen LogP contribution is -2.13. The Bertz CT molecular complexity index is 535. The Labute approximate surface area is 149 Å². The van der Waals surface area contributed by atoms with E-state index >= 15 is 0 Å². The number of carbonyl (C=O) groups excluding carboxylic acids is 2. The summed E-state index contributed by atoms with van der Waals surface area (Å²) in [7, 11) is 2.00. The average molecular weight is 385 g/mol. The maximum atomic E-state index is 12.9. The summed E-state index contributed by atoms with van der Waals surface area (Å²) in [4.78, 5) is 20.6. The molecule has 4 nitrogen and oxygen atoms in total. The Kier molecular flexibility index (Phi) is 15.4. The van der Waals surface area contributed by atoms with Crippen LogP contribution in [0.2, 0.25) is 0 Å². The van der Waals surface area contributed by atoms with Crippen molar-refractivity contribution in [2.24, 2.45) is 0 Å². The van der Waals surface area contributed by atoms with Gasteiger partial charge in [-0.25, -0.2) is 13.2 Å². The summed E-state index contributed by atoms with van der Waals surface area (Å²) < 4.78 is 67.5. The molecule has 9 heteroatoms. The molecule has 0 saturated carbocycles. The van der Waals surface area contributed by atoms with E-state index in [1.807, 2.05) is 20.9 Å². The van der Waals surface area contributed by atoms with E-state index in [1.165, 1.54) is 25.8 Å². The zero-order chi connectivity index (χ0) is 20.7. The molecule has 0 saturated heterocycles. The van der Waals surface area contributed by atoms with Crippen molar-refractivity contribution in [3.63, 3.8) is 0 Å². The third kappa shape index (κ3) is 8.89. The van der Waals surface area contributed by atoms with Gasteiger partial charge in [0.05, 0.1) is 0 Å². The van der Waals surface area contributed by atoms with Crippen LogP contribution in [0.15, 0.2) is 0 Å². The van der Waals surface area contributed by atoms with E-state index in [-0.39, 0.29) is 6.29 Å². The highest BCUT2D eigenvalue weighted by atomic mass is 19.2. The zero-order valence-corrected chi connectivity index (χ0v) is 15.2. The first kappa shape index (κ1) is 26.2. The van der Waals surface area contributed by atoms with Crippen molar-refractivity contribution in [3.8, 4) is 5.75 Å². The number of nitrogens with one attached hydrogen (secondary N) is 1. The Morgan fingerprint density at radius 2 is 1.42 bits per heavy atom. The van der Waals surface area contributed by atoms with Crippen molar-refractivity contribution in [2.45, 2.75) is 46.5 Å². The minimum Gasteiger partial charge on any atom is -0.420 e. The van der Waals surface area contributed by atoms with E-state index in [0.717, 1.165) is 0 Å². The number of ether oxygens (including phenoxy) is 1. The number of rotatable bonds is 7. The average Bonchev–Trinajstić information content (AvgIpc) is 2.65. The van der Waals surface area contributed by atoms with Gasteiger partial charge in [-0.3, -0.25) is 4.79 Å². The minimum atomic E-state index is -2.37. The number of hydrogen-bond acceptors (Lipinski definition) is 4. The van der Waals surface area contributed by atoms with Crippen LogP contribution >= 0.6 is 0 Å². The number of halogens is 5. The summed E-state index contributed by atoms with van der Waals surface area (Å²) in [5.74, 6) is -14.6. The Balaban J connectivity index is 0. The second-order valence-electron chi connectivity index (χ2n) is 4.55. The quantitative estimate of drug-likeness (QED) is 0.111. The molecule has 0 bridgehead atoms. The number of aldehydes is 1. The number of hydrogen-bond donors (Lipinski definition) is 1. The predicted octanol–water partition coefficient (Wildman–Crippen LogP) is 4.30. The SMILES string of the molecule is CC.CCCCCNC.O=CCC(=O)Oc1c(F)c(F)c(F)c(F)c1F. The minimum absolute atomic E-state index is 0.0500. The fraction of sp³-hybridized carbons (Fsp3) is 0.529. The van der Waals surface area contributed by atoms with Crippen molar-refractivity contribution in [2.75, 3.05) is 13.6 Å². The molecule has 0 amide bonds. The van der Waals surface area contributed by atoms with Crippen LogP contribution in [-0.4, -0.2) is 25.8 Å². The number of unbranched alkanes of at least 4 members (excludes halogenated alkanes) is 2. The molecule has 1 rings (SSSR count). The van der Waals surface area contributed by atoms with Crippen LogP contribution < -0.4 is 10.1 Å². The van der Waals surface area contributed by atoms with Crippen LogP contribution in [-0.2, 0) is 9.59 Å². The first-order valence-electron chi connectivity index (χ1n) is 8.12. The van der Waals surface area contributed by atoms with Gasteiger partial charge in [0, 0.05) is 0 Å². The van der Waals surface area contributed by atoms with Gasteiger partial charge in [0.1, 0.15) is 12.7 Å². The second kappa shape index (κ2) is 15.2. The number of carbonyl (C=O) groups is 2. The van der Waals surface area contributed by atoms with E-state index in [1.54, 1.807) is 0 Å². The van der Waals surface area contributed by atoms with Gasteiger partial charge in [0.25, 0.3) is 0 Å². The van der Waals surface area contributed by atoms with E-state index in [0.29, 0.717) is 0 Å². The topological polar surface area (TPSA) is 55.4 Å². The van der Waals surface area contributed by atoms with Crippen LogP contribution in [0.4, 0.5) is 22.0 Å². The van der Waals surface area contributed by atoms with Crippen LogP contribution in [0.3, 0.4) is 0 Å². The Morgan fingerprint density at radius 3 is 1.81 bits per heavy atom. The second-order valence-corrected chi connectivity index (χ2v) is 4.55. The number of esters is 1. The largest absolute Gasteiger partial charge is 0.420 e. The molecule has 0 radical (unpaired) electrons. The fourth-order valence-electron chi connectivity index (χ4n) is 1.45. The van der Waals surface area contributed by atoms with Crippen molar-refractivity contribution in [1.29, 1.82) is 0 Å². The summed E-state index contributed by atoms with van der Waals surface area (Å²) in [6.07, 6.45) is 3.18. The van der Waals surface area contributed by atoms with Crippen LogP contribution in [0.25, 0.3) is 0 Å². The normalized spacial score (nSPS) is 9.42. The van der Waals surface area contributed by atoms with Crippen LogP contribution in [0.5, 0.6) is 5.75 Å². The molecule has 0 aromatic heterocycles. The first-order chi connectivity index (χ1) is 12.3. The van der Waals surface area contributed by atoms with Gasteiger partial charge >= 0.3 is 5.97 Å². The van der Waals surface area contributed by atoms with Gasteiger partial charge < -0.3 is 14.8 Å². The molecule has 1 aromatic carbocycles. The monoisotopic (exact) mass is 385 g/mol. The molecule has 26 heavy (non-hydrogen) atoms. The molecule has 1 aromatic rings. The smallest absolute Gasteiger partial charge is 0.318 e. The molecule has 0 aliphatic carbocycles. The highest BCUT2D eigenvalue weighted by Crippen LogP contribution is 2.29. The zero-order valence-electron chi connectivity index (χ0n) is 15.2. The van der Waals surface area contributed by atoms with Crippen molar-refractivity contribution < 1.29 is 36.3 Å². The summed E-state index contributed by atoms with van der Waals surface area (Å²) in [5, 5.41) is 3.10. The fourth-order valence-corrected chi connectivity index (χ4v) is 1.45. The van der Waals surface area contributed by atoms with E-state index in [9.17, 15) is 31.5 Å². The lowest BCUT2D eigenvalue weighted by atomic mass is 10.2. The molecular formula is C17H24F5NO3. The van der Waals surface area contributed by atoms with Crippen LogP contribution in [0, 0.1) is 29.1 Å². The molecule has 0 aliphatic rings. The van der Waals surface area contributed by atoms with Gasteiger partial charge in [-0.2, -0.15) is 8.78 Å². The summed E-state index contributed by atoms with van der Waals surface area (Å²) in [5.41, 5.74) is 0. The highest BCUT2D eigenvalue weighted by molar-refractivity contribution is 5.85. The standard InChI is InChI=1S/C9H3F5O3.C6H15N.C2H6/c10-4-5(11)7(13)9(8(14)6(4)12)17-3(16)1-2-15;1-3-4-5-6-7-2;1-2/h2H,1H2;7H,3-6H2,1-2H3;1-2H3. The first-order valence-corrected chi connectivity index (χ1v) is 8.12. The molecule has 0 fully saturated rings. The Hall–Kier alpha value is -2.03. The highest BCUT2D eigenvalue weighted by Gasteiger charge is 2.28. The molecule has 1 N–H and O–H groups in total. The molecule has 0 unspecified atom stereocenters. The molecule has 0 heterocycles. The summed E-state index contributed by atoms with van der Waals surface area (Å²) in [6.45, 7) is 7.39. The van der Waals surface area contributed by atoms with Crippen molar-refractivity contribution in [3.05, 3.63) is 29.1 Å². The van der Waals surface area contributed by atoms with Crippen molar-refractivity contribution >= 4 is 12.3 Å². The third-order valence-electron chi connectivity index (χ3n) is 2.67. The lowest BCUT2D eigenvalue weighted by molar-refractivity contribution is -0.136. The maximum absolute atomic E-state index is 12.9. The van der Waals surface area contributed by atoms with Gasteiger partial charge in [-0.05, 0) is 20.0 Å².